The normalized spacial score (nSPS) is 16.6. The summed E-state index contributed by atoms with van der Waals surface area (Å²) >= 11 is 0. The molecule has 0 saturated heterocycles. The van der Waals surface area contributed by atoms with Gasteiger partial charge < -0.3 is 5.11 Å². The van der Waals surface area contributed by atoms with Crippen molar-refractivity contribution in [1.82, 2.24) is 0 Å². The first-order chi connectivity index (χ1) is 5.64. The lowest BCUT2D eigenvalue weighted by molar-refractivity contribution is -0.140. The Balaban J connectivity index is 0.000000202. The molecule has 2 nitrogen and oxygen atoms in total. The lowest BCUT2D eigenvalue weighted by atomic mass is 10.0. The number of carboxylic acid groups (broad SMARTS) is 1. The molecule has 12 heavy (non-hydrogen) atoms. The molecule has 1 N–H and O–H groups in total. The molecule has 1 fully saturated rings. The highest BCUT2D eigenvalue weighted by Gasteiger charge is 1.99. The largest absolute Gasteiger partial charge is 0.481 e. The second-order valence-corrected chi connectivity index (χ2v) is 3.61. The Hall–Kier alpha value is -0.530. The fraction of sp³-hybridized carbons (Fsp3) is 0.900. The highest BCUT2D eigenvalue weighted by molar-refractivity contribution is 5.68. The van der Waals surface area contributed by atoms with Gasteiger partial charge in [-0.15, -0.1) is 0 Å². The average Bonchev–Trinajstić information content (AvgIpc) is 2.08. The zero-order valence-electron chi connectivity index (χ0n) is 8.18. The van der Waals surface area contributed by atoms with Crippen LogP contribution >= 0.6 is 0 Å². The van der Waals surface area contributed by atoms with Gasteiger partial charge in [0, 0.05) is 0 Å². The van der Waals surface area contributed by atoms with Gasteiger partial charge in [0.2, 0.25) is 0 Å². The summed E-state index contributed by atoms with van der Waals surface area (Å²) in [7, 11) is 0. The third kappa shape index (κ3) is 7.58. The van der Waals surface area contributed by atoms with Crippen LogP contribution in [0.2, 0.25) is 0 Å². The topological polar surface area (TPSA) is 37.3 Å². The fourth-order valence-corrected chi connectivity index (χ4v) is 1.06. The Morgan fingerprint density at radius 2 is 1.17 bits per heavy atom. The molecule has 1 aliphatic rings. The van der Waals surface area contributed by atoms with Crippen LogP contribution in [0.15, 0.2) is 0 Å². The van der Waals surface area contributed by atoms with E-state index in [-0.39, 0.29) is 5.92 Å². The summed E-state index contributed by atoms with van der Waals surface area (Å²) in [5, 5.41) is 7.99. The summed E-state index contributed by atoms with van der Waals surface area (Å²) in [6.07, 6.45) is 9.00. The molecule has 0 aromatic heterocycles. The van der Waals surface area contributed by atoms with Crippen LogP contribution in [0.1, 0.15) is 52.4 Å². The third-order valence-corrected chi connectivity index (χ3v) is 1.99. The molecule has 0 aromatic carbocycles. The summed E-state index contributed by atoms with van der Waals surface area (Å²) < 4.78 is 0. The van der Waals surface area contributed by atoms with Gasteiger partial charge in [-0.05, 0) is 0 Å². The average molecular weight is 172 g/mol. The number of hydrogen-bond donors (Lipinski definition) is 1. The first kappa shape index (κ1) is 11.5. The van der Waals surface area contributed by atoms with E-state index in [9.17, 15) is 4.79 Å². The first-order valence-electron chi connectivity index (χ1n) is 4.87. The minimum absolute atomic E-state index is 0.231. The molecule has 72 valence electrons. The standard InChI is InChI=1S/C6H12.C4H8O2/c1-2-4-6-5-3-1;1-3(2)4(5)6/h1-6H2;3H,1-2H3,(H,5,6). The molecule has 0 atom stereocenters. The van der Waals surface area contributed by atoms with Gasteiger partial charge in [-0.1, -0.05) is 52.4 Å². The van der Waals surface area contributed by atoms with Crippen LogP contribution in [0.5, 0.6) is 0 Å². The van der Waals surface area contributed by atoms with Crippen LogP contribution in [-0.2, 0) is 4.79 Å². The van der Waals surface area contributed by atoms with Gasteiger partial charge in [0.15, 0.2) is 0 Å². The van der Waals surface area contributed by atoms with E-state index >= 15 is 0 Å². The van der Waals surface area contributed by atoms with Gasteiger partial charge in [0.05, 0.1) is 5.92 Å². The van der Waals surface area contributed by atoms with E-state index < -0.39 is 5.97 Å². The molecule has 0 radical (unpaired) electrons. The van der Waals surface area contributed by atoms with Gasteiger partial charge in [-0.3, -0.25) is 4.79 Å². The van der Waals surface area contributed by atoms with Crippen molar-refractivity contribution in [2.45, 2.75) is 52.4 Å². The SMILES string of the molecule is C1CCCCC1.CC(C)C(=O)O. The van der Waals surface area contributed by atoms with Gasteiger partial charge >= 0.3 is 5.97 Å². The highest BCUT2D eigenvalue weighted by atomic mass is 16.4. The summed E-state index contributed by atoms with van der Waals surface area (Å²) in [6.45, 7) is 3.28. The molecule has 0 aromatic rings. The monoisotopic (exact) mass is 172 g/mol. The summed E-state index contributed by atoms with van der Waals surface area (Å²) in [6, 6.07) is 0. The Morgan fingerprint density at radius 1 is 1.00 bits per heavy atom. The Kier molecular flexibility index (Phi) is 6.82. The van der Waals surface area contributed by atoms with Crippen LogP contribution < -0.4 is 0 Å². The molecule has 0 spiro atoms. The van der Waals surface area contributed by atoms with Crippen molar-refractivity contribution < 1.29 is 9.90 Å². The van der Waals surface area contributed by atoms with Gasteiger partial charge in [-0.25, -0.2) is 0 Å². The molecule has 0 unspecified atom stereocenters. The van der Waals surface area contributed by atoms with Gasteiger partial charge in [-0.2, -0.15) is 0 Å². The smallest absolute Gasteiger partial charge is 0.305 e. The van der Waals surface area contributed by atoms with E-state index in [0.717, 1.165) is 0 Å². The second kappa shape index (κ2) is 7.14. The molecule has 0 bridgehead atoms. The van der Waals surface area contributed by atoms with E-state index in [2.05, 4.69) is 0 Å². The van der Waals surface area contributed by atoms with E-state index in [1.807, 2.05) is 0 Å². The molecule has 0 amide bonds. The summed E-state index contributed by atoms with van der Waals surface area (Å²) in [5.41, 5.74) is 0. The van der Waals surface area contributed by atoms with Crippen LogP contribution in [-0.4, -0.2) is 11.1 Å². The molecule has 1 aliphatic carbocycles. The Bertz CT molecular complexity index is 103. The number of carboxylic acids is 1. The fourth-order valence-electron chi connectivity index (χ4n) is 1.06. The summed E-state index contributed by atoms with van der Waals surface area (Å²) in [4.78, 5) is 9.70. The Morgan fingerprint density at radius 3 is 1.25 bits per heavy atom. The molecular weight excluding hydrogens is 152 g/mol. The molecule has 0 aliphatic heterocycles. The lowest BCUT2D eigenvalue weighted by Gasteiger charge is -2.05. The minimum Gasteiger partial charge on any atom is -0.481 e. The maximum atomic E-state index is 9.70. The van der Waals surface area contributed by atoms with E-state index in [1.165, 1.54) is 38.5 Å². The van der Waals surface area contributed by atoms with Crippen molar-refractivity contribution in [3.63, 3.8) is 0 Å². The van der Waals surface area contributed by atoms with Crippen LogP contribution in [0.3, 0.4) is 0 Å². The highest BCUT2D eigenvalue weighted by Crippen LogP contribution is 2.15. The second-order valence-electron chi connectivity index (χ2n) is 3.61. The van der Waals surface area contributed by atoms with Crippen molar-refractivity contribution in [1.29, 1.82) is 0 Å². The van der Waals surface area contributed by atoms with E-state index in [1.54, 1.807) is 13.8 Å². The predicted octanol–water partition coefficient (Wildman–Crippen LogP) is 3.07. The maximum Gasteiger partial charge on any atom is 0.305 e. The number of hydrogen-bond acceptors (Lipinski definition) is 1. The van der Waals surface area contributed by atoms with Crippen LogP contribution in [0.4, 0.5) is 0 Å². The molecule has 1 saturated carbocycles. The van der Waals surface area contributed by atoms with Crippen molar-refractivity contribution >= 4 is 5.97 Å². The number of rotatable bonds is 1. The van der Waals surface area contributed by atoms with Crippen LogP contribution in [0.25, 0.3) is 0 Å². The number of carbonyl (C=O) groups is 1. The van der Waals surface area contributed by atoms with Crippen molar-refractivity contribution in [3.8, 4) is 0 Å². The third-order valence-electron chi connectivity index (χ3n) is 1.99. The van der Waals surface area contributed by atoms with Gasteiger partial charge in [0.1, 0.15) is 0 Å². The zero-order chi connectivity index (χ0) is 9.40. The molecular formula is C10H20O2. The number of aliphatic carboxylic acids is 1. The Labute approximate surface area is 75.0 Å². The quantitative estimate of drug-likeness (QED) is 0.660. The van der Waals surface area contributed by atoms with Crippen molar-refractivity contribution in [3.05, 3.63) is 0 Å². The van der Waals surface area contributed by atoms with Crippen molar-refractivity contribution in [2.24, 2.45) is 5.92 Å². The van der Waals surface area contributed by atoms with E-state index in [0.29, 0.717) is 0 Å². The molecule has 2 heteroatoms. The predicted molar refractivity (Wildman–Crippen MR) is 50.2 cm³/mol. The van der Waals surface area contributed by atoms with E-state index in [4.69, 9.17) is 5.11 Å². The van der Waals surface area contributed by atoms with Crippen LogP contribution in [0, 0.1) is 5.92 Å². The first-order valence-corrected chi connectivity index (χ1v) is 4.87. The molecule has 1 rings (SSSR count). The molecule has 0 heterocycles. The zero-order valence-corrected chi connectivity index (χ0v) is 8.18. The van der Waals surface area contributed by atoms with Crippen molar-refractivity contribution in [2.75, 3.05) is 0 Å². The lowest BCUT2D eigenvalue weighted by Crippen LogP contribution is -2.03. The van der Waals surface area contributed by atoms with Gasteiger partial charge in [0.25, 0.3) is 0 Å². The minimum atomic E-state index is -0.741. The maximum absolute atomic E-state index is 9.70. The summed E-state index contributed by atoms with van der Waals surface area (Å²) in [5.74, 6) is -0.972.